The van der Waals surface area contributed by atoms with Crippen molar-refractivity contribution >= 4 is 0 Å². The zero-order valence-electron chi connectivity index (χ0n) is 10.5. The van der Waals surface area contributed by atoms with Gasteiger partial charge in [0.05, 0.1) is 0 Å². The summed E-state index contributed by atoms with van der Waals surface area (Å²) in [5.74, 6) is 0. The molecule has 15 heavy (non-hydrogen) atoms. The van der Waals surface area contributed by atoms with Crippen LogP contribution < -0.4 is 11.1 Å². The van der Waals surface area contributed by atoms with E-state index in [4.69, 9.17) is 5.73 Å². The average molecular weight is 212 g/mol. The molecule has 1 unspecified atom stereocenters. The Kier molecular flexibility index (Phi) is 5.62. The second-order valence-electron chi connectivity index (χ2n) is 5.44. The Morgan fingerprint density at radius 1 is 1.20 bits per heavy atom. The molecule has 1 fully saturated rings. The highest BCUT2D eigenvalue weighted by Gasteiger charge is 2.21. The largest absolute Gasteiger partial charge is 0.330 e. The average Bonchev–Trinajstić information content (AvgIpc) is 2.54. The molecule has 0 saturated heterocycles. The molecule has 0 amide bonds. The lowest BCUT2D eigenvalue weighted by Gasteiger charge is -2.29. The Bertz CT molecular complexity index is 156. The molecule has 0 heterocycles. The number of nitrogens with two attached hydrogens (primary N) is 1. The van der Waals surface area contributed by atoms with Gasteiger partial charge in [-0.2, -0.15) is 0 Å². The van der Waals surface area contributed by atoms with Crippen LogP contribution in [-0.4, -0.2) is 19.1 Å². The number of rotatable bonds is 5. The molecule has 3 N–H and O–H groups in total. The predicted molar refractivity (Wildman–Crippen MR) is 66.9 cm³/mol. The van der Waals surface area contributed by atoms with E-state index < -0.39 is 0 Å². The zero-order valence-corrected chi connectivity index (χ0v) is 10.5. The number of hydrogen-bond acceptors (Lipinski definition) is 2. The summed E-state index contributed by atoms with van der Waals surface area (Å²) in [5, 5.41) is 3.72. The van der Waals surface area contributed by atoms with Crippen molar-refractivity contribution in [1.29, 1.82) is 0 Å². The van der Waals surface area contributed by atoms with Crippen molar-refractivity contribution in [1.82, 2.24) is 5.32 Å². The molecule has 2 heteroatoms. The standard InChI is InChI=1S/C13H28N2/c1-3-13(2,10-14)11-15-12-8-6-4-5-7-9-12/h12,15H,3-11,14H2,1-2H3. The van der Waals surface area contributed by atoms with Crippen molar-refractivity contribution in [2.75, 3.05) is 13.1 Å². The highest BCUT2D eigenvalue weighted by molar-refractivity contribution is 4.79. The predicted octanol–water partition coefficient (Wildman–Crippen LogP) is 2.67. The van der Waals surface area contributed by atoms with Gasteiger partial charge in [-0.05, 0) is 31.2 Å². The lowest BCUT2D eigenvalue weighted by Crippen LogP contribution is -2.41. The summed E-state index contributed by atoms with van der Waals surface area (Å²) in [5.41, 5.74) is 6.12. The van der Waals surface area contributed by atoms with Crippen molar-refractivity contribution in [3.05, 3.63) is 0 Å². The van der Waals surface area contributed by atoms with E-state index in [1.54, 1.807) is 0 Å². The van der Waals surface area contributed by atoms with Gasteiger partial charge in [-0.25, -0.2) is 0 Å². The van der Waals surface area contributed by atoms with E-state index >= 15 is 0 Å². The van der Waals surface area contributed by atoms with Crippen LogP contribution in [0.3, 0.4) is 0 Å². The molecule has 0 aliphatic heterocycles. The van der Waals surface area contributed by atoms with Crippen LogP contribution in [0.4, 0.5) is 0 Å². The second kappa shape index (κ2) is 6.49. The van der Waals surface area contributed by atoms with Crippen LogP contribution in [0.5, 0.6) is 0 Å². The van der Waals surface area contributed by atoms with Crippen molar-refractivity contribution in [2.24, 2.45) is 11.1 Å². The van der Waals surface area contributed by atoms with Gasteiger partial charge in [0.1, 0.15) is 0 Å². The Morgan fingerprint density at radius 2 is 1.80 bits per heavy atom. The molecule has 0 radical (unpaired) electrons. The van der Waals surface area contributed by atoms with Crippen LogP contribution in [0.25, 0.3) is 0 Å². The highest BCUT2D eigenvalue weighted by Crippen LogP contribution is 2.21. The Labute approximate surface area is 95.0 Å². The van der Waals surface area contributed by atoms with E-state index in [2.05, 4.69) is 19.2 Å². The maximum atomic E-state index is 5.82. The van der Waals surface area contributed by atoms with Gasteiger partial charge in [0.25, 0.3) is 0 Å². The molecule has 0 spiro atoms. The summed E-state index contributed by atoms with van der Waals surface area (Å²) < 4.78 is 0. The molecule has 1 rings (SSSR count). The molecular formula is C13H28N2. The van der Waals surface area contributed by atoms with Crippen LogP contribution in [-0.2, 0) is 0 Å². The smallest absolute Gasteiger partial charge is 0.00673 e. The van der Waals surface area contributed by atoms with Gasteiger partial charge in [-0.15, -0.1) is 0 Å². The third kappa shape index (κ3) is 4.52. The van der Waals surface area contributed by atoms with Crippen molar-refractivity contribution in [3.63, 3.8) is 0 Å². The first-order valence-corrected chi connectivity index (χ1v) is 6.63. The Balaban J connectivity index is 2.27. The first-order valence-electron chi connectivity index (χ1n) is 6.63. The third-order valence-corrected chi connectivity index (χ3v) is 4.02. The minimum Gasteiger partial charge on any atom is -0.330 e. The van der Waals surface area contributed by atoms with Gasteiger partial charge in [0.15, 0.2) is 0 Å². The second-order valence-corrected chi connectivity index (χ2v) is 5.44. The van der Waals surface area contributed by atoms with E-state index in [0.717, 1.165) is 19.1 Å². The highest BCUT2D eigenvalue weighted by atomic mass is 14.9. The molecule has 90 valence electrons. The van der Waals surface area contributed by atoms with Crippen LogP contribution in [0.2, 0.25) is 0 Å². The van der Waals surface area contributed by atoms with E-state index in [0.29, 0.717) is 5.41 Å². The van der Waals surface area contributed by atoms with Crippen molar-refractivity contribution in [2.45, 2.75) is 64.8 Å². The van der Waals surface area contributed by atoms with E-state index in [1.807, 2.05) is 0 Å². The summed E-state index contributed by atoms with van der Waals surface area (Å²) in [4.78, 5) is 0. The summed E-state index contributed by atoms with van der Waals surface area (Å²) in [6.07, 6.45) is 9.57. The fourth-order valence-electron chi connectivity index (χ4n) is 2.22. The van der Waals surface area contributed by atoms with Crippen LogP contribution in [0.15, 0.2) is 0 Å². The summed E-state index contributed by atoms with van der Waals surface area (Å²) in [7, 11) is 0. The molecule has 1 saturated carbocycles. The fourth-order valence-corrected chi connectivity index (χ4v) is 2.22. The molecule has 1 aliphatic carbocycles. The molecule has 0 aromatic heterocycles. The van der Waals surface area contributed by atoms with E-state index in [9.17, 15) is 0 Å². The van der Waals surface area contributed by atoms with Crippen molar-refractivity contribution < 1.29 is 0 Å². The minimum absolute atomic E-state index is 0.298. The van der Waals surface area contributed by atoms with Gasteiger partial charge < -0.3 is 11.1 Å². The SMILES string of the molecule is CCC(C)(CN)CNC1CCCCCC1. The van der Waals surface area contributed by atoms with Crippen LogP contribution in [0.1, 0.15) is 58.8 Å². The van der Waals surface area contributed by atoms with Gasteiger partial charge in [-0.3, -0.25) is 0 Å². The van der Waals surface area contributed by atoms with Gasteiger partial charge in [-0.1, -0.05) is 39.5 Å². The Morgan fingerprint density at radius 3 is 2.27 bits per heavy atom. The van der Waals surface area contributed by atoms with Gasteiger partial charge in [0, 0.05) is 12.6 Å². The van der Waals surface area contributed by atoms with Crippen LogP contribution in [0, 0.1) is 5.41 Å². The minimum atomic E-state index is 0.298. The van der Waals surface area contributed by atoms with E-state index in [-0.39, 0.29) is 0 Å². The molecule has 1 aliphatic rings. The van der Waals surface area contributed by atoms with Gasteiger partial charge in [0.2, 0.25) is 0 Å². The first kappa shape index (κ1) is 13.0. The lowest BCUT2D eigenvalue weighted by molar-refractivity contribution is 0.279. The number of hydrogen-bond donors (Lipinski definition) is 2. The van der Waals surface area contributed by atoms with Crippen molar-refractivity contribution in [3.8, 4) is 0 Å². The topological polar surface area (TPSA) is 38.0 Å². The molecule has 1 atom stereocenters. The van der Waals surface area contributed by atoms with Gasteiger partial charge >= 0.3 is 0 Å². The van der Waals surface area contributed by atoms with Crippen LogP contribution >= 0.6 is 0 Å². The molecule has 2 nitrogen and oxygen atoms in total. The molecule has 0 aromatic carbocycles. The molecule has 0 bridgehead atoms. The quantitative estimate of drug-likeness (QED) is 0.688. The third-order valence-electron chi connectivity index (χ3n) is 4.02. The zero-order chi connectivity index (χ0) is 11.1. The molecular weight excluding hydrogens is 184 g/mol. The maximum Gasteiger partial charge on any atom is 0.00673 e. The normalized spacial score (nSPS) is 23.4. The Hall–Kier alpha value is -0.0800. The monoisotopic (exact) mass is 212 g/mol. The summed E-state index contributed by atoms with van der Waals surface area (Å²) in [6, 6.07) is 0.755. The fraction of sp³-hybridized carbons (Fsp3) is 1.00. The first-order chi connectivity index (χ1) is 7.20. The lowest BCUT2D eigenvalue weighted by atomic mass is 9.87. The maximum absolute atomic E-state index is 5.82. The van der Waals surface area contributed by atoms with E-state index in [1.165, 1.54) is 44.9 Å². The molecule has 0 aromatic rings. The number of nitrogens with one attached hydrogen (secondary N) is 1. The summed E-state index contributed by atoms with van der Waals surface area (Å²) in [6.45, 7) is 6.41. The summed E-state index contributed by atoms with van der Waals surface area (Å²) >= 11 is 0.